The molecule has 0 saturated heterocycles. The minimum Gasteiger partial charge on any atom is -0.351 e. The first-order valence-electron chi connectivity index (χ1n) is 9.88. The number of nitrogens with zero attached hydrogens (tertiary/aromatic N) is 2. The highest BCUT2D eigenvalue weighted by Gasteiger charge is 2.23. The molecule has 8 nitrogen and oxygen atoms in total. The molecule has 158 valence electrons. The number of anilines is 2. The van der Waals surface area contributed by atoms with Crippen LogP contribution in [0.3, 0.4) is 0 Å². The van der Waals surface area contributed by atoms with Crippen LogP contribution in [0, 0.1) is 0 Å². The average molecular weight is 443 g/mol. The van der Waals surface area contributed by atoms with Crippen LogP contribution in [0.15, 0.2) is 71.9 Å². The van der Waals surface area contributed by atoms with Crippen LogP contribution >= 0.6 is 11.8 Å². The van der Waals surface area contributed by atoms with Gasteiger partial charge < -0.3 is 15.3 Å². The lowest BCUT2D eigenvalue weighted by atomic mass is 10.1. The van der Waals surface area contributed by atoms with E-state index in [1.807, 2.05) is 54.6 Å². The summed E-state index contributed by atoms with van der Waals surface area (Å²) in [7, 11) is 0. The smallest absolute Gasteiger partial charge is 0.274 e. The van der Waals surface area contributed by atoms with Gasteiger partial charge in [-0.15, -0.1) is 10.2 Å². The number of carbonyl (C=O) groups is 2. The molecule has 5 rings (SSSR count). The molecule has 1 aliphatic heterocycles. The first-order chi connectivity index (χ1) is 15.7. The summed E-state index contributed by atoms with van der Waals surface area (Å²) in [5.74, 6) is 0.481. The monoisotopic (exact) mass is 442 g/mol. The second-order valence-electron chi connectivity index (χ2n) is 7.09. The number of hydrogen-bond donors (Lipinski definition) is 4. The normalized spacial score (nSPS) is 13.8. The van der Waals surface area contributed by atoms with Gasteiger partial charge in [0.25, 0.3) is 11.8 Å². The number of fused-ring (bicyclic) bond motifs is 1. The van der Waals surface area contributed by atoms with Gasteiger partial charge in [-0.25, -0.2) is 0 Å². The Labute approximate surface area is 187 Å². The van der Waals surface area contributed by atoms with Crippen molar-refractivity contribution in [2.24, 2.45) is 0 Å². The molecule has 32 heavy (non-hydrogen) atoms. The summed E-state index contributed by atoms with van der Waals surface area (Å²) >= 11 is 1.50. The molecule has 4 aromatic rings. The summed E-state index contributed by atoms with van der Waals surface area (Å²) in [5.41, 5.74) is 4.32. The van der Waals surface area contributed by atoms with Crippen LogP contribution in [0.1, 0.15) is 27.3 Å². The van der Waals surface area contributed by atoms with Gasteiger partial charge >= 0.3 is 0 Å². The molecule has 0 spiro atoms. The molecule has 2 aromatic carbocycles. The van der Waals surface area contributed by atoms with Crippen molar-refractivity contribution in [3.63, 3.8) is 0 Å². The molecule has 0 bridgehead atoms. The summed E-state index contributed by atoms with van der Waals surface area (Å²) in [5, 5.41) is 14.2. The number of para-hydroxylation sites is 1. The highest BCUT2D eigenvalue weighted by atomic mass is 32.2. The minimum absolute atomic E-state index is 0.172. The molecule has 0 atom stereocenters. The maximum absolute atomic E-state index is 12.6. The van der Waals surface area contributed by atoms with E-state index in [4.69, 9.17) is 0 Å². The number of thioether (sulfide) groups is 1. The summed E-state index contributed by atoms with van der Waals surface area (Å²) in [6, 6.07) is 20.9. The van der Waals surface area contributed by atoms with Gasteiger partial charge in [-0.3, -0.25) is 14.9 Å². The summed E-state index contributed by atoms with van der Waals surface area (Å²) in [6.45, 7) is 0. The largest absolute Gasteiger partial charge is 0.351 e. The van der Waals surface area contributed by atoms with Crippen LogP contribution in [0.25, 0.3) is 11.6 Å². The van der Waals surface area contributed by atoms with Gasteiger partial charge in [0.1, 0.15) is 5.69 Å². The molecule has 0 radical (unpaired) electrons. The third kappa shape index (κ3) is 4.19. The summed E-state index contributed by atoms with van der Waals surface area (Å²) in [4.78, 5) is 30.9. The highest BCUT2D eigenvalue weighted by Crippen LogP contribution is 2.32. The number of rotatable bonds is 6. The number of nitrogens with one attached hydrogen (secondary N) is 4. The zero-order chi connectivity index (χ0) is 21.9. The maximum atomic E-state index is 12.6. The fourth-order valence-corrected chi connectivity index (χ4v) is 4.10. The van der Waals surface area contributed by atoms with E-state index in [1.165, 1.54) is 17.3 Å². The Bertz CT molecular complexity index is 1330. The fraction of sp³-hybridized carbons (Fsp3) is 0.0435. The first-order valence-corrected chi connectivity index (χ1v) is 10.9. The standard InChI is InChI=1S/C23H18N6O2S/c30-20-17(16-8-4-5-9-18(16)25-20)12-15-10-11-19(24-15)21(31)26-22-27-23(29-28-22)32-13-14-6-2-1-3-7-14/h1-12,24H,13H2,(H,25,30)(H2,26,27,28,29,31)/b17-12-. The molecule has 2 amide bonds. The van der Waals surface area contributed by atoms with E-state index in [0.717, 1.165) is 17.0 Å². The molecular weight excluding hydrogens is 424 g/mol. The fourth-order valence-electron chi connectivity index (χ4n) is 3.34. The van der Waals surface area contributed by atoms with Crippen molar-refractivity contribution in [2.75, 3.05) is 10.6 Å². The average Bonchev–Trinajstić information content (AvgIpc) is 3.53. The van der Waals surface area contributed by atoms with Crippen molar-refractivity contribution in [2.45, 2.75) is 10.9 Å². The molecule has 2 aromatic heterocycles. The molecule has 3 heterocycles. The van der Waals surface area contributed by atoms with Crippen molar-refractivity contribution >= 4 is 46.9 Å². The molecule has 4 N–H and O–H groups in total. The minimum atomic E-state index is -0.360. The lowest BCUT2D eigenvalue weighted by molar-refractivity contribution is -0.110. The van der Waals surface area contributed by atoms with Gasteiger partial charge in [0.2, 0.25) is 5.95 Å². The molecule has 0 saturated carbocycles. The van der Waals surface area contributed by atoms with Crippen molar-refractivity contribution in [3.8, 4) is 0 Å². The Hall–Kier alpha value is -4.11. The van der Waals surface area contributed by atoms with Crippen LogP contribution in [0.4, 0.5) is 11.6 Å². The van der Waals surface area contributed by atoms with E-state index in [1.54, 1.807) is 18.2 Å². The van der Waals surface area contributed by atoms with E-state index < -0.39 is 0 Å². The first kappa shape index (κ1) is 19.8. The molecule has 0 aliphatic carbocycles. The predicted octanol–water partition coefficient (Wildman–Crippen LogP) is 4.17. The van der Waals surface area contributed by atoms with Gasteiger partial charge in [-0.05, 0) is 29.8 Å². The number of carbonyl (C=O) groups excluding carboxylic acids is 2. The third-order valence-electron chi connectivity index (χ3n) is 4.88. The van der Waals surface area contributed by atoms with Gasteiger partial charge in [-0.2, -0.15) is 0 Å². The van der Waals surface area contributed by atoms with Crippen LogP contribution < -0.4 is 10.6 Å². The second kappa shape index (κ2) is 8.56. The Balaban J connectivity index is 1.24. The Kier molecular flexibility index (Phi) is 5.30. The van der Waals surface area contributed by atoms with E-state index in [-0.39, 0.29) is 17.8 Å². The van der Waals surface area contributed by atoms with Crippen LogP contribution in [0.2, 0.25) is 0 Å². The molecular formula is C23H18N6O2S. The second-order valence-corrected chi connectivity index (χ2v) is 8.06. The zero-order valence-electron chi connectivity index (χ0n) is 16.8. The van der Waals surface area contributed by atoms with Crippen LogP contribution in [-0.4, -0.2) is 32.0 Å². The number of aromatic nitrogens is 4. The van der Waals surface area contributed by atoms with E-state index in [0.29, 0.717) is 22.1 Å². The molecule has 0 unspecified atom stereocenters. The number of benzene rings is 2. The summed E-state index contributed by atoms with van der Waals surface area (Å²) < 4.78 is 0. The van der Waals surface area contributed by atoms with E-state index >= 15 is 0 Å². The zero-order valence-corrected chi connectivity index (χ0v) is 17.6. The lowest BCUT2D eigenvalue weighted by Gasteiger charge is -1.99. The van der Waals surface area contributed by atoms with Crippen molar-refractivity contribution < 1.29 is 9.59 Å². The number of amides is 2. The Morgan fingerprint density at radius 1 is 0.969 bits per heavy atom. The topological polar surface area (TPSA) is 116 Å². The number of aromatic amines is 2. The molecule has 9 heteroatoms. The third-order valence-corrected chi connectivity index (χ3v) is 5.81. The van der Waals surface area contributed by atoms with Gasteiger partial charge in [0.05, 0.1) is 5.57 Å². The number of hydrogen-bond acceptors (Lipinski definition) is 5. The van der Waals surface area contributed by atoms with Gasteiger partial charge in [-0.1, -0.05) is 60.3 Å². The Morgan fingerprint density at radius 2 is 1.78 bits per heavy atom. The lowest BCUT2D eigenvalue weighted by Crippen LogP contribution is -2.13. The van der Waals surface area contributed by atoms with Crippen LogP contribution in [-0.2, 0) is 10.5 Å². The van der Waals surface area contributed by atoms with Crippen molar-refractivity contribution in [1.82, 2.24) is 20.2 Å². The van der Waals surface area contributed by atoms with Crippen molar-refractivity contribution in [3.05, 3.63) is 89.2 Å². The quantitative estimate of drug-likeness (QED) is 0.264. The SMILES string of the molecule is O=C1Nc2ccccc2/C1=C/c1ccc(C(=O)Nc2nnc(SCc3ccccc3)[nH]2)[nH]1. The maximum Gasteiger partial charge on any atom is 0.274 e. The predicted molar refractivity (Wildman–Crippen MR) is 124 cm³/mol. The van der Waals surface area contributed by atoms with Gasteiger partial charge in [0.15, 0.2) is 5.16 Å². The highest BCUT2D eigenvalue weighted by molar-refractivity contribution is 7.98. The van der Waals surface area contributed by atoms with Crippen LogP contribution in [0.5, 0.6) is 0 Å². The van der Waals surface area contributed by atoms with E-state index in [2.05, 4.69) is 30.8 Å². The summed E-state index contributed by atoms with van der Waals surface area (Å²) in [6.07, 6.45) is 1.73. The molecule has 0 fully saturated rings. The van der Waals surface area contributed by atoms with Gasteiger partial charge in [0, 0.05) is 22.7 Å². The van der Waals surface area contributed by atoms with Crippen molar-refractivity contribution in [1.29, 1.82) is 0 Å². The number of H-pyrrole nitrogens is 2. The van der Waals surface area contributed by atoms with E-state index in [9.17, 15) is 9.59 Å². The Morgan fingerprint density at radius 3 is 2.66 bits per heavy atom. The molecule has 1 aliphatic rings.